The van der Waals surface area contributed by atoms with E-state index in [1.807, 2.05) is 13.8 Å². The van der Waals surface area contributed by atoms with Crippen molar-refractivity contribution in [2.75, 3.05) is 13.1 Å². The molecule has 0 saturated carbocycles. The van der Waals surface area contributed by atoms with Crippen LogP contribution in [-0.4, -0.2) is 46.8 Å². The van der Waals surface area contributed by atoms with Crippen LogP contribution in [0.3, 0.4) is 0 Å². The summed E-state index contributed by atoms with van der Waals surface area (Å²) >= 11 is 0. The maximum atomic E-state index is 11.1. The Bertz CT molecular complexity index is 238. The molecule has 0 aliphatic carbocycles. The molecule has 4 N–H and O–H groups in total. The fourth-order valence-electron chi connectivity index (χ4n) is 0.868. The van der Waals surface area contributed by atoms with E-state index in [0.717, 1.165) is 0 Å². The van der Waals surface area contributed by atoms with Crippen molar-refractivity contribution in [2.24, 2.45) is 0 Å². The van der Waals surface area contributed by atoms with Crippen LogP contribution in [0.5, 0.6) is 0 Å². The Morgan fingerprint density at radius 2 is 1.93 bits per heavy atom. The van der Waals surface area contributed by atoms with E-state index < -0.39 is 11.6 Å². The van der Waals surface area contributed by atoms with Crippen LogP contribution >= 0.6 is 0 Å². The van der Waals surface area contributed by atoms with Crippen LogP contribution in [0, 0.1) is 0 Å². The molecule has 0 fully saturated rings. The average Bonchev–Trinajstić information content (AvgIpc) is 2.01. The number of hydrogen-bond acceptors (Lipinski definition) is 4. The second kappa shape index (κ2) is 5.67. The van der Waals surface area contributed by atoms with Crippen molar-refractivity contribution in [1.29, 1.82) is 0 Å². The van der Waals surface area contributed by atoms with E-state index >= 15 is 0 Å². The van der Waals surface area contributed by atoms with Crippen LogP contribution in [-0.2, 0) is 9.59 Å². The molecule has 6 nitrogen and oxygen atoms in total. The van der Waals surface area contributed by atoms with Gasteiger partial charge in [-0.1, -0.05) is 0 Å². The van der Waals surface area contributed by atoms with Gasteiger partial charge in [-0.3, -0.25) is 4.79 Å². The molecule has 0 spiro atoms. The number of rotatable bonds is 6. The van der Waals surface area contributed by atoms with Gasteiger partial charge in [-0.2, -0.15) is 0 Å². The van der Waals surface area contributed by atoms with Gasteiger partial charge in [-0.15, -0.1) is 0 Å². The molecule has 15 heavy (non-hydrogen) atoms. The fourth-order valence-corrected chi connectivity index (χ4v) is 0.868. The highest BCUT2D eigenvalue weighted by molar-refractivity contribution is 5.79. The number of carboxylic acids is 1. The maximum absolute atomic E-state index is 11.1. The van der Waals surface area contributed by atoms with Crippen LogP contribution in [0.1, 0.15) is 20.8 Å². The Morgan fingerprint density at radius 3 is 2.33 bits per heavy atom. The molecule has 0 bridgehead atoms. The molecule has 88 valence electrons. The van der Waals surface area contributed by atoms with Gasteiger partial charge in [0.25, 0.3) is 0 Å². The van der Waals surface area contributed by atoms with Gasteiger partial charge in [0.1, 0.15) is 0 Å². The first-order valence-electron chi connectivity index (χ1n) is 4.71. The summed E-state index contributed by atoms with van der Waals surface area (Å²) in [4.78, 5) is 21.6. The second-order valence-corrected chi connectivity index (χ2v) is 3.90. The standard InChI is InChI=1S/C9H18N2O4/c1-6(2)11-7(12)4-10-5-9(3,15)8(13)14/h6,10,15H,4-5H2,1-3H3,(H,11,12)(H,13,14). The predicted molar refractivity (Wildman–Crippen MR) is 54.4 cm³/mol. The summed E-state index contributed by atoms with van der Waals surface area (Å²) in [5.41, 5.74) is -1.85. The quantitative estimate of drug-likeness (QED) is 0.455. The van der Waals surface area contributed by atoms with Gasteiger partial charge in [-0.25, -0.2) is 4.79 Å². The van der Waals surface area contributed by atoms with Gasteiger partial charge >= 0.3 is 5.97 Å². The van der Waals surface area contributed by atoms with Crippen LogP contribution in [0.4, 0.5) is 0 Å². The Balaban J connectivity index is 3.80. The van der Waals surface area contributed by atoms with Gasteiger partial charge in [0, 0.05) is 12.6 Å². The van der Waals surface area contributed by atoms with Gasteiger partial charge in [0.05, 0.1) is 6.54 Å². The van der Waals surface area contributed by atoms with Crippen molar-refractivity contribution in [3.63, 3.8) is 0 Å². The van der Waals surface area contributed by atoms with E-state index in [4.69, 9.17) is 5.11 Å². The lowest BCUT2D eigenvalue weighted by molar-refractivity contribution is -0.156. The van der Waals surface area contributed by atoms with Gasteiger partial charge in [0.2, 0.25) is 5.91 Å². The lowest BCUT2D eigenvalue weighted by Crippen LogP contribution is -2.47. The van der Waals surface area contributed by atoms with E-state index in [-0.39, 0.29) is 25.0 Å². The first-order valence-corrected chi connectivity index (χ1v) is 4.71. The van der Waals surface area contributed by atoms with Crippen molar-refractivity contribution in [3.8, 4) is 0 Å². The maximum Gasteiger partial charge on any atom is 0.336 e. The zero-order valence-electron chi connectivity index (χ0n) is 9.20. The molecular weight excluding hydrogens is 200 g/mol. The average molecular weight is 218 g/mol. The highest BCUT2D eigenvalue weighted by atomic mass is 16.4. The summed E-state index contributed by atoms with van der Waals surface area (Å²) in [5.74, 6) is -1.55. The molecule has 0 aromatic heterocycles. The zero-order chi connectivity index (χ0) is 12.1. The molecule has 0 aromatic rings. The van der Waals surface area contributed by atoms with Gasteiger partial charge in [0.15, 0.2) is 5.60 Å². The van der Waals surface area contributed by atoms with Gasteiger partial charge < -0.3 is 20.8 Å². The van der Waals surface area contributed by atoms with Crippen LogP contribution in [0.2, 0.25) is 0 Å². The van der Waals surface area contributed by atoms with Crippen LogP contribution < -0.4 is 10.6 Å². The normalized spacial score (nSPS) is 14.7. The van der Waals surface area contributed by atoms with E-state index in [2.05, 4.69) is 10.6 Å². The number of carbonyl (C=O) groups excluding carboxylic acids is 1. The highest BCUT2D eigenvalue weighted by Gasteiger charge is 2.29. The van der Waals surface area contributed by atoms with Crippen molar-refractivity contribution in [3.05, 3.63) is 0 Å². The minimum Gasteiger partial charge on any atom is -0.479 e. The highest BCUT2D eigenvalue weighted by Crippen LogP contribution is 1.99. The first kappa shape index (κ1) is 13.9. The number of aliphatic hydroxyl groups is 1. The summed E-state index contributed by atoms with van der Waals surface area (Å²) in [7, 11) is 0. The van der Waals surface area contributed by atoms with E-state index in [1.54, 1.807) is 0 Å². The third-order valence-electron chi connectivity index (χ3n) is 1.67. The molecule has 0 heterocycles. The minimum atomic E-state index is -1.85. The molecule has 0 saturated heterocycles. The van der Waals surface area contributed by atoms with Crippen LogP contribution in [0.25, 0.3) is 0 Å². The topological polar surface area (TPSA) is 98.7 Å². The summed E-state index contributed by atoms with van der Waals surface area (Å²) < 4.78 is 0. The van der Waals surface area contributed by atoms with Crippen LogP contribution in [0.15, 0.2) is 0 Å². The molecule has 0 aliphatic rings. The summed E-state index contributed by atoms with van der Waals surface area (Å²) in [6.45, 7) is 4.63. The third kappa shape index (κ3) is 6.03. The van der Waals surface area contributed by atoms with Crippen molar-refractivity contribution >= 4 is 11.9 Å². The number of nitrogens with one attached hydrogen (secondary N) is 2. The number of aliphatic carboxylic acids is 1. The molecule has 1 atom stereocenters. The lowest BCUT2D eigenvalue weighted by atomic mass is 10.1. The van der Waals surface area contributed by atoms with E-state index in [0.29, 0.717) is 0 Å². The van der Waals surface area contributed by atoms with Crippen molar-refractivity contribution in [2.45, 2.75) is 32.4 Å². The largest absolute Gasteiger partial charge is 0.479 e. The number of hydrogen-bond donors (Lipinski definition) is 4. The third-order valence-corrected chi connectivity index (χ3v) is 1.67. The minimum absolute atomic E-state index is 0.0123. The number of carbonyl (C=O) groups is 2. The molecule has 0 rings (SSSR count). The Labute approximate surface area is 88.7 Å². The summed E-state index contributed by atoms with van der Waals surface area (Å²) in [5, 5.41) is 23.1. The second-order valence-electron chi connectivity index (χ2n) is 3.90. The fraction of sp³-hybridized carbons (Fsp3) is 0.778. The van der Waals surface area contributed by atoms with Crippen molar-refractivity contribution in [1.82, 2.24) is 10.6 Å². The lowest BCUT2D eigenvalue weighted by Gasteiger charge is -2.18. The summed E-state index contributed by atoms with van der Waals surface area (Å²) in [6.07, 6.45) is 0. The van der Waals surface area contributed by atoms with Gasteiger partial charge in [-0.05, 0) is 20.8 Å². The molecule has 0 aromatic carbocycles. The molecule has 6 heteroatoms. The summed E-state index contributed by atoms with van der Waals surface area (Å²) in [6, 6.07) is 0.0410. The molecular formula is C9H18N2O4. The molecule has 1 unspecified atom stereocenters. The first-order chi connectivity index (χ1) is 6.75. The smallest absolute Gasteiger partial charge is 0.336 e. The predicted octanol–water partition coefficient (Wildman–Crippen LogP) is -1.06. The zero-order valence-corrected chi connectivity index (χ0v) is 9.20. The Kier molecular flexibility index (Phi) is 5.24. The van der Waals surface area contributed by atoms with E-state index in [9.17, 15) is 14.7 Å². The molecule has 0 radical (unpaired) electrons. The van der Waals surface area contributed by atoms with E-state index in [1.165, 1.54) is 6.92 Å². The Hall–Kier alpha value is -1.14. The Morgan fingerprint density at radius 1 is 1.40 bits per heavy atom. The number of carboxylic acid groups (broad SMARTS) is 1. The molecule has 0 aliphatic heterocycles. The monoisotopic (exact) mass is 218 g/mol. The number of amides is 1. The SMILES string of the molecule is CC(C)NC(=O)CNCC(C)(O)C(=O)O. The van der Waals surface area contributed by atoms with Crippen molar-refractivity contribution < 1.29 is 19.8 Å². The molecule has 1 amide bonds.